The highest BCUT2D eigenvalue weighted by Gasteiger charge is 2.05. The highest BCUT2D eigenvalue weighted by atomic mass is 15.4. The van der Waals surface area contributed by atoms with Crippen LogP contribution in [0.2, 0.25) is 0 Å². The minimum atomic E-state index is 0.744. The topological polar surface area (TPSA) is 15.6 Å². The molecule has 3 aromatic rings. The second-order valence-electron chi connectivity index (χ2n) is 5.72. The molecule has 0 aliphatic heterocycles. The third kappa shape index (κ3) is 4.32. The first-order valence-corrected chi connectivity index (χ1v) is 8.34. The lowest BCUT2D eigenvalue weighted by atomic mass is 10.1. The lowest BCUT2D eigenvalue weighted by molar-refractivity contribution is 0.858. The summed E-state index contributed by atoms with van der Waals surface area (Å²) in [6, 6.07) is 29.2. The van der Waals surface area contributed by atoms with Gasteiger partial charge in [0.05, 0.1) is 18.4 Å². The maximum absolute atomic E-state index is 4.72. The summed E-state index contributed by atoms with van der Waals surface area (Å²) in [5.41, 5.74) is 4.78. The molecule has 0 bridgehead atoms. The summed E-state index contributed by atoms with van der Waals surface area (Å²) in [6.45, 7) is 2.91. The minimum Gasteiger partial charge on any atom is -0.261 e. The van der Waals surface area contributed by atoms with Gasteiger partial charge in [-0.3, -0.25) is 5.01 Å². The van der Waals surface area contributed by atoms with E-state index in [1.54, 1.807) is 0 Å². The van der Waals surface area contributed by atoms with Crippen molar-refractivity contribution in [1.82, 2.24) is 0 Å². The lowest BCUT2D eigenvalue weighted by Crippen LogP contribution is -2.15. The molecule has 0 aliphatic carbocycles. The van der Waals surface area contributed by atoms with E-state index in [2.05, 4.69) is 67.6 Å². The zero-order chi connectivity index (χ0) is 16.6. The first kappa shape index (κ1) is 16.0. The molecule has 0 aliphatic rings. The Morgan fingerprint density at radius 2 is 1.38 bits per heavy atom. The first-order chi connectivity index (χ1) is 11.8. The van der Waals surface area contributed by atoms with Gasteiger partial charge in [0.1, 0.15) is 0 Å². The van der Waals surface area contributed by atoms with Crippen LogP contribution in [0, 0.1) is 0 Å². The molecule has 0 spiro atoms. The number of aryl methyl sites for hydroxylation is 1. The number of hydrogen-bond donors (Lipinski definition) is 0. The summed E-state index contributed by atoms with van der Waals surface area (Å²) in [4.78, 5) is 0. The van der Waals surface area contributed by atoms with Crippen LogP contribution in [0.15, 0.2) is 90.0 Å². The molecular formula is C22H22N2. The number of anilines is 1. The summed E-state index contributed by atoms with van der Waals surface area (Å²) in [5.74, 6) is 0. The summed E-state index contributed by atoms with van der Waals surface area (Å²) < 4.78 is 0. The fraction of sp³-hybridized carbons (Fsp3) is 0.136. The van der Waals surface area contributed by atoms with Gasteiger partial charge in [0.2, 0.25) is 0 Å². The molecule has 3 rings (SSSR count). The van der Waals surface area contributed by atoms with Gasteiger partial charge in [0.15, 0.2) is 0 Å². The van der Waals surface area contributed by atoms with Crippen molar-refractivity contribution in [2.24, 2.45) is 5.10 Å². The van der Waals surface area contributed by atoms with Gasteiger partial charge in [-0.05, 0) is 35.2 Å². The van der Waals surface area contributed by atoms with Crippen molar-refractivity contribution in [3.63, 3.8) is 0 Å². The average Bonchev–Trinajstić information content (AvgIpc) is 2.67. The molecule has 0 saturated carbocycles. The van der Waals surface area contributed by atoms with Crippen LogP contribution in [0.3, 0.4) is 0 Å². The van der Waals surface area contributed by atoms with Gasteiger partial charge in [-0.1, -0.05) is 79.7 Å². The van der Waals surface area contributed by atoms with E-state index in [0.29, 0.717) is 0 Å². The Morgan fingerprint density at radius 1 is 0.750 bits per heavy atom. The molecule has 24 heavy (non-hydrogen) atoms. The van der Waals surface area contributed by atoms with Crippen molar-refractivity contribution in [2.75, 3.05) is 5.01 Å². The number of hydrogen-bond acceptors (Lipinski definition) is 2. The van der Waals surface area contributed by atoms with E-state index < -0.39 is 0 Å². The monoisotopic (exact) mass is 314 g/mol. The van der Waals surface area contributed by atoms with Crippen molar-refractivity contribution in [1.29, 1.82) is 0 Å². The Hall–Kier alpha value is -2.87. The summed E-state index contributed by atoms with van der Waals surface area (Å²) in [7, 11) is 0. The lowest BCUT2D eigenvalue weighted by Gasteiger charge is -2.19. The van der Waals surface area contributed by atoms with E-state index in [9.17, 15) is 0 Å². The highest BCUT2D eigenvalue weighted by Crippen LogP contribution is 2.17. The SMILES string of the molecule is CCc1ccc(/C=N/N(Cc2ccccc2)c2ccccc2)cc1. The Kier molecular flexibility index (Phi) is 5.41. The van der Waals surface area contributed by atoms with Gasteiger partial charge in [-0.2, -0.15) is 5.10 Å². The van der Waals surface area contributed by atoms with Gasteiger partial charge in [0, 0.05) is 0 Å². The Bertz CT molecular complexity index is 762. The summed E-state index contributed by atoms with van der Waals surface area (Å²) in [5, 5.41) is 6.75. The molecule has 0 unspecified atom stereocenters. The maximum atomic E-state index is 4.72. The summed E-state index contributed by atoms with van der Waals surface area (Å²) >= 11 is 0. The van der Waals surface area contributed by atoms with E-state index in [1.807, 2.05) is 35.5 Å². The number of hydrazone groups is 1. The molecule has 2 heteroatoms. The average molecular weight is 314 g/mol. The third-order valence-electron chi connectivity index (χ3n) is 3.96. The molecule has 0 heterocycles. The second kappa shape index (κ2) is 8.11. The smallest absolute Gasteiger partial charge is 0.0666 e. The quantitative estimate of drug-likeness (QED) is 0.446. The van der Waals surface area contributed by atoms with Crippen LogP contribution in [0.5, 0.6) is 0 Å². The highest BCUT2D eigenvalue weighted by molar-refractivity contribution is 5.80. The molecule has 0 fully saturated rings. The van der Waals surface area contributed by atoms with Gasteiger partial charge in [-0.15, -0.1) is 0 Å². The van der Waals surface area contributed by atoms with Crippen molar-refractivity contribution >= 4 is 11.9 Å². The minimum absolute atomic E-state index is 0.744. The molecule has 0 aromatic heterocycles. The number of benzene rings is 3. The summed E-state index contributed by atoms with van der Waals surface area (Å²) in [6.07, 6.45) is 2.98. The van der Waals surface area contributed by atoms with Crippen LogP contribution in [0.4, 0.5) is 5.69 Å². The van der Waals surface area contributed by atoms with Crippen LogP contribution in [0.1, 0.15) is 23.6 Å². The van der Waals surface area contributed by atoms with E-state index in [-0.39, 0.29) is 0 Å². The van der Waals surface area contributed by atoms with Crippen molar-refractivity contribution in [3.05, 3.63) is 102 Å². The molecule has 0 saturated heterocycles. The molecule has 0 radical (unpaired) electrons. The fourth-order valence-electron chi connectivity index (χ4n) is 2.53. The van der Waals surface area contributed by atoms with Crippen LogP contribution < -0.4 is 5.01 Å². The fourth-order valence-corrected chi connectivity index (χ4v) is 2.53. The number of rotatable bonds is 6. The molecule has 0 atom stereocenters. The van der Waals surface area contributed by atoms with E-state index in [0.717, 1.165) is 24.2 Å². The van der Waals surface area contributed by atoms with Gasteiger partial charge >= 0.3 is 0 Å². The zero-order valence-electron chi connectivity index (χ0n) is 14.0. The van der Waals surface area contributed by atoms with Crippen LogP contribution in [-0.4, -0.2) is 6.21 Å². The zero-order valence-corrected chi connectivity index (χ0v) is 14.0. The van der Waals surface area contributed by atoms with E-state index in [4.69, 9.17) is 5.10 Å². The predicted octanol–water partition coefficient (Wildman–Crippen LogP) is 5.29. The normalized spacial score (nSPS) is 10.9. The van der Waals surface area contributed by atoms with Gasteiger partial charge < -0.3 is 0 Å². The Balaban J connectivity index is 1.82. The first-order valence-electron chi connectivity index (χ1n) is 8.34. The van der Waals surface area contributed by atoms with Crippen LogP contribution >= 0.6 is 0 Å². The molecule has 120 valence electrons. The van der Waals surface area contributed by atoms with Crippen LogP contribution in [-0.2, 0) is 13.0 Å². The molecule has 3 aromatic carbocycles. The van der Waals surface area contributed by atoms with Crippen molar-refractivity contribution in [2.45, 2.75) is 19.9 Å². The van der Waals surface area contributed by atoms with Gasteiger partial charge in [-0.25, -0.2) is 0 Å². The standard InChI is InChI=1S/C22H22N2/c1-2-19-13-15-20(16-14-19)17-23-24(22-11-7-4-8-12-22)18-21-9-5-3-6-10-21/h3-17H,2,18H2,1H3/b23-17+. The molecule has 2 nitrogen and oxygen atoms in total. The van der Waals surface area contributed by atoms with E-state index >= 15 is 0 Å². The van der Waals surface area contributed by atoms with Crippen molar-refractivity contribution < 1.29 is 0 Å². The second-order valence-corrected chi connectivity index (χ2v) is 5.72. The van der Waals surface area contributed by atoms with E-state index in [1.165, 1.54) is 11.1 Å². The third-order valence-corrected chi connectivity index (χ3v) is 3.96. The Labute approximate surface area is 144 Å². The number of nitrogens with zero attached hydrogens (tertiary/aromatic N) is 2. The molecule has 0 N–H and O–H groups in total. The predicted molar refractivity (Wildman–Crippen MR) is 102 cm³/mol. The van der Waals surface area contributed by atoms with Crippen molar-refractivity contribution in [3.8, 4) is 0 Å². The molecule has 0 amide bonds. The molecular weight excluding hydrogens is 292 g/mol. The van der Waals surface area contributed by atoms with Gasteiger partial charge in [0.25, 0.3) is 0 Å². The Morgan fingerprint density at radius 3 is 2.00 bits per heavy atom. The number of para-hydroxylation sites is 1. The largest absolute Gasteiger partial charge is 0.261 e. The van der Waals surface area contributed by atoms with Crippen LogP contribution in [0.25, 0.3) is 0 Å². The maximum Gasteiger partial charge on any atom is 0.0666 e.